The molecule has 0 aliphatic carbocycles. The van der Waals surface area contributed by atoms with Crippen LogP contribution in [0.4, 0.5) is 4.79 Å². The second-order valence-corrected chi connectivity index (χ2v) is 5.53. The Morgan fingerprint density at radius 3 is 2.50 bits per heavy atom. The number of hydrogen-bond donors (Lipinski definition) is 1. The van der Waals surface area contributed by atoms with Gasteiger partial charge in [-0.1, -0.05) is 6.92 Å². The van der Waals surface area contributed by atoms with E-state index in [9.17, 15) is 4.79 Å². The number of carbonyl (C=O) groups is 1. The first kappa shape index (κ1) is 13.6. The van der Waals surface area contributed by atoms with E-state index in [2.05, 4.69) is 12.2 Å². The van der Waals surface area contributed by atoms with E-state index in [1.54, 1.807) is 11.8 Å². The van der Waals surface area contributed by atoms with Crippen molar-refractivity contribution in [2.75, 3.05) is 11.5 Å². The molecule has 0 saturated carbocycles. The minimum Gasteiger partial charge on any atom is -0.444 e. The van der Waals surface area contributed by atoms with E-state index in [-0.39, 0.29) is 12.1 Å². The van der Waals surface area contributed by atoms with E-state index in [0.717, 1.165) is 11.5 Å². The molecule has 0 aromatic rings. The molecular weight excluding hydrogens is 198 g/mol. The summed E-state index contributed by atoms with van der Waals surface area (Å²) in [7, 11) is 0. The third-order valence-electron chi connectivity index (χ3n) is 1.34. The van der Waals surface area contributed by atoms with E-state index < -0.39 is 5.60 Å². The summed E-state index contributed by atoms with van der Waals surface area (Å²) in [6.07, 6.45) is -0.332. The standard InChI is InChI=1S/C10H21NO2S/c1-6-14-7-8(2)11-9(12)13-10(3,4)5/h8H,6-7H2,1-5H3,(H,11,12). The van der Waals surface area contributed by atoms with E-state index in [4.69, 9.17) is 4.74 Å². The summed E-state index contributed by atoms with van der Waals surface area (Å²) >= 11 is 1.81. The Morgan fingerprint density at radius 1 is 1.50 bits per heavy atom. The fourth-order valence-corrected chi connectivity index (χ4v) is 1.52. The van der Waals surface area contributed by atoms with Gasteiger partial charge >= 0.3 is 6.09 Å². The molecule has 3 nitrogen and oxygen atoms in total. The van der Waals surface area contributed by atoms with E-state index in [1.165, 1.54) is 0 Å². The molecule has 0 aliphatic heterocycles. The van der Waals surface area contributed by atoms with Crippen LogP contribution >= 0.6 is 11.8 Å². The van der Waals surface area contributed by atoms with E-state index in [1.807, 2.05) is 27.7 Å². The number of carbonyl (C=O) groups excluding carboxylic acids is 1. The molecule has 1 unspecified atom stereocenters. The van der Waals surface area contributed by atoms with Crippen molar-refractivity contribution >= 4 is 17.9 Å². The van der Waals surface area contributed by atoms with Gasteiger partial charge in [0.15, 0.2) is 0 Å². The van der Waals surface area contributed by atoms with Gasteiger partial charge in [-0.3, -0.25) is 0 Å². The zero-order valence-electron chi connectivity index (χ0n) is 9.72. The molecule has 0 aromatic heterocycles. The van der Waals surface area contributed by atoms with Crippen LogP contribution in [0.3, 0.4) is 0 Å². The van der Waals surface area contributed by atoms with Crippen molar-refractivity contribution in [3.63, 3.8) is 0 Å². The third kappa shape index (κ3) is 8.23. The van der Waals surface area contributed by atoms with Crippen molar-refractivity contribution < 1.29 is 9.53 Å². The van der Waals surface area contributed by atoms with Gasteiger partial charge in [0.1, 0.15) is 5.60 Å². The van der Waals surface area contributed by atoms with Crippen LogP contribution in [0.2, 0.25) is 0 Å². The Morgan fingerprint density at radius 2 is 2.07 bits per heavy atom. The highest BCUT2D eigenvalue weighted by atomic mass is 32.2. The lowest BCUT2D eigenvalue weighted by Crippen LogP contribution is -2.38. The molecule has 0 heterocycles. The summed E-state index contributed by atoms with van der Waals surface area (Å²) in [5, 5.41) is 2.79. The predicted octanol–water partition coefficient (Wildman–Crippen LogP) is 2.65. The number of nitrogens with one attached hydrogen (secondary N) is 1. The number of thioether (sulfide) groups is 1. The van der Waals surface area contributed by atoms with Crippen molar-refractivity contribution in [3.8, 4) is 0 Å². The average molecular weight is 219 g/mol. The first-order valence-electron chi connectivity index (χ1n) is 4.92. The zero-order chi connectivity index (χ0) is 11.2. The summed E-state index contributed by atoms with van der Waals surface area (Å²) in [4.78, 5) is 11.3. The molecule has 0 bridgehead atoms. The minimum absolute atomic E-state index is 0.162. The summed E-state index contributed by atoms with van der Waals surface area (Å²) in [5.74, 6) is 2.00. The highest BCUT2D eigenvalue weighted by molar-refractivity contribution is 7.99. The van der Waals surface area contributed by atoms with Crippen LogP contribution < -0.4 is 5.32 Å². The van der Waals surface area contributed by atoms with Gasteiger partial charge in [0.25, 0.3) is 0 Å². The number of amides is 1. The van der Waals surface area contributed by atoms with Crippen LogP contribution in [0.5, 0.6) is 0 Å². The van der Waals surface area contributed by atoms with Gasteiger partial charge < -0.3 is 10.1 Å². The largest absolute Gasteiger partial charge is 0.444 e. The van der Waals surface area contributed by atoms with Gasteiger partial charge in [-0.15, -0.1) is 0 Å². The molecule has 0 spiro atoms. The molecule has 0 rings (SSSR count). The lowest BCUT2D eigenvalue weighted by atomic mass is 10.2. The van der Waals surface area contributed by atoms with Crippen molar-refractivity contribution in [3.05, 3.63) is 0 Å². The molecule has 0 saturated heterocycles. The Kier molecular flexibility index (Phi) is 6.00. The molecular formula is C10H21NO2S. The van der Waals surface area contributed by atoms with E-state index >= 15 is 0 Å². The SMILES string of the molecule is CCSCC(C)NC(=O)OC(C)(C)C. The van der Waals surface area contributed by atoms with Crippen LogP contribution in [0.15, 0.2) is 0 Å². The van der Waals surface area contributed by atoms with Crippen LogP contribution in [0.25, 0.3) is 0 Å². The lowest BCUT2D eigenvalue weighted by Gasteiger charge is -2.21. The van der Waals surface area contributed by atoms with Gasteiger partial charge in [0, 0.05) is 11.8 Å². The first-order valence-corrected chi connectivity index (χ1v) is 6.08. The molecule has 1 amide bonds. The second kappa shape index (κ2) is 6.17. The van der Waals surface area contributed by atoms with Gasteiger partial charge in [0.05, 0.1) is 0 Å². The van der Waals surface area contributed by atoms with E-state index in [0.29, 0.717) is 0 Å². The molecule has 1 N–H and O–H groups in total. The number of ether oxygens (including phenoxy) is 1. The number of alkyl carbamates (subject to hydrolysis) is 1. The van der Waals surface area contributed by atoms with Crippen LogP contribution in [-0.2, 0) is 4.74 Å². The first-order chi connectivity index (χ1) is 6.35. The quantitative estimate of drug-likeness (QED) is 0.790. The highest BCUT2D eigenvalue weighted by Gasteiger charge is 2.17. The number of rotatable bonds is 4. The van der Waals surface area contributed by atoms with Crippen molar-refractivity contribution in [2.45, 2.75) is 46.3 Å². The maximum atomic E-state index is 11.3. The summed E-state index contributed by atoms with van der Waals surface area (Å²) in [6.45, 7) is 9.66. The van der Waals surface area contributed by atoms with Crippen LogP contribution in [0, 0.1) is 0 Å². The number of hydrogen-bond acceptors (Lipinski definition) is 3. The molecule has 0 aliphatic rings. The lowest BCUT2D eigenvalue weighted by molar-refractivity contribution is 0.0513. The molecule has 0 aromatic carbocycles. The summed E-state index contributed by atoms with van der Waals surface area (Å²) in [6, 6.07) is 0.162. The molecule has 0 radical (unpaired) electrons. The highest BCUT2D eigenvalue weighted by Crippen LogP contribution is 2.07. The van der Waals surface area contributed by atoms with Gasteiger partial charge in [-0.25, -0.2) is 4.79 Å². The normalized spacial score (nSPS) is 13.5. The van der Waals surface area contributed by atoms with Crippen LogP contribution in [-0.4, -0.2) is 29.2 Å². The minimum atomic E-state index is -0.415. The molecule has 1 atom stereocenters. The molecule has 0 fully saturated rings. The van der Waals surface area contributed by atoms with Crippen molar-refractivity contribution in [1.82, 2.24) is 5.32 Å². The molecule has 14 heavy (non-hydrogen) atoms. The second-order valence-electron chi connectivity index (χ2n) is 4.21. The summed E-state index contributed by atoms with van der Waals surface area (Å²) in [5.41, 5.74) is -0.415. The average Bonchev–Trinajstić information content (AvgIpc) is 1.96. The predicted molar refractivity (Wildman–Crippen MR) is 61.8 cm³/mol. The van der Waals surface area contributed by atoms with Crippen LogP contribution in [0.1, 0.15) is 34.6 Å². The Bertz CT molecular complexity index is 177. The third-order valence-corrected chi connectivity index (χ3v) is 2.48. The topological polar surface area (TPSA) is 38.3 Å². The Hall–Kier alpha value is -0.380. The molecule has 84 valence electrons. The zero-order valence-corrected chi connectivity index (χ0v) is 10.5. The smallest absolute Gasteiger partial charge is 0.407 e. The maximum Gasteiger partial charge on any atom is 0.407 e. The van der Waals surface area contributed by atoms with Gasteiger partial charge in [-0.2, -0.15) is 11.8 Å². The molecule has 4 heteroatoms. The fraction of sp³-hybridized carbons (Fsp3) is 0.900. The van der Waals surface area contributed by atoms with Gasteiger partial charge in [0.2, 0.25) is 0 Å². The Labute approximate surface area is 91.0 Å². The monoisotopic (exact) mass is 219 g/mol. The Balaban J connectivity index is 3.71. The summed E-state index contributed by atoms with van der Waals surface area (Å²) < 4.78 is 5.13. The maximum absolute atomic E-state index is 11.3. The fourth-order valence-electron chi connectivity index (χ4n) is 0.845. The van der Waals surface area contributed by atoms with Crippen molar-refractivity contribution in [2.24, 2.45) is 0 Å². The van der Waals surface area contributed by atoms with Crippen molar-refractivity contribution in [1.29, 1.82) is 0 Å². The van der Waals surface area contributed by atoms with Gasteiger partial charge in [-0.05, 0) is 33.4 Å².